The van der Waals surface area contributed by atoms with E-state index < -0.39 is 0 Å². The lowest BCUT2D eigenvalue weighted by Gasteiger charge is -2.09. The second kappa shape index (κ2) is 6.56. The highest BCUT2D eigenvalue weighted by Crippen LogP contribution is 2.23. The van der Waals surface area contributed by atoms with Gasteiger partial charge >= 0.3 is 0 Å². The highest BCUT2D eigenvalue weighted by molar-refractivity contribution is 5.76. The lowest BCUT2D eigenvalue weighted by molar-refractivity contribution is 0.414. The zero-order chi connectivity index (χ0) is 17.1. The first-order valence-electron chi connectivity index (χ1n) is 7.80. The Labute approximate surface area is 144 Å². The Morgan fingerprint density at radius 3 is 2.60 bits per heavy atom. The number of hydrogen-bond donors (Lipinski definition) is 1. The zero-order valence-electron chi connectivity index (χ0n) is 13.6. The van der Waals surface area contributed by atoms with Crippen molar-refractivity contribution in [1.29, 1.82) is 0 Å². The molecule has 3 heterocycles. The molecule has 0 amide bonds. The fraction of sp³-hybridized carbons (Fsp3) is 0.111. The van der Waals surface area contributed by atoms with Crippen LogP contribution in [0.1, 0.15) is 5.56 Å². The lowest BCUT2D eigenvalue weighted by atomic mass is 10.2. The normalized spacial score (nSPS) is 10.8. The van der Waals surface area contributed by atoms with Gasteiger partial charge in [0.25, 0.3) is 0 Å². The van der Waals surface area contributed by atoms with Crippen LogP contribution < -0.4 is 10.1 Å². The number of ether oxygens (including phenoxy) is 1. The summed E-state index contributed by atoms with van der Waals surface area (Å²) in [4.78, 5) is 12.6. The fourth-order valence-corrected chi connectivity index (χ4v) is 2.60. The van der Waals surface area contributed by atoms with Crippen molar-refractivity contribution in [2.45, 2.75) is 6.54 Å². The van der Waals surface area contributed by atoms with Gasteiger partial charge in [0, 0.05) is 36.3 Å². The van der Waals surface area contributed by atoms with Gasteiger partial charge in [-0.3, -0.25) is 0 Å². The molecule has 0 aliphatic heterocycles. The minimum atomic E-state index is 0.673. The maximum Gasteiger partial charge on any atom is 0.165 e. The first-order chi connectivity index (χ1) is 12.3. The van der Waals surface area contributed by atoms with Crippen LogP contribution in [0.4, 0.5) is 5.82 Å². The predicted octanol–water partition coefficient (Wildman–Crippen LogP) is 2.81. The molecule has 0 aliphatic rings. The molecule has 0 unspecified atom stereocenters. The van der Waals surface area contributed by atoms with Gasteiger partial charge in [0.1, 0.15) is 17.9 Å². The van der Waals surface area contributed by atoms with E-state index in [0.29, 0.717) is 6.54 Å². The summed E-state index contributed by atoms with van der Waals surface area (Å²) in [6.45, 7) is 0.673. The molecule has 0 radical (unpaired) electrons. The Morgan fingerprint density at radius 1 is 1.04 bits per heavy atom. The van der Waals surface area contributed by atoms with Crippen molar-refractivity contribution in [2.24, 2.45) is 0 Å². The highest BCUT2D eigenvalue weighted by atomic mass is 16.5. The molecular formula is C18H16N6O. The largest absolute Gasteiger partial charge is 0.497 e. The molecule has 0 spiro atoms. The number of benzene rings is 1. The third-order valence-corrected chi connectivity index (χ3v) is 3.91. The Bertz CT molecular complexity index is 982. The second-order valence-corrected chi connectivity index (χ2v) is 5.45. The Morgan fingerprint density at radius 2 is 1.84 bits per heavy atom. The minimum absolute atomic E-state index is 0.673. The maximum absolute atomic E-state index is 5.18. The van der Waals surface area contributed by atoms with Crippen molar-refractivity contribution in [3.63, 3.8) is 0 Å². The molecule has 0 bridgehead atoms. The van der Waals surface area contributed by atoms with Gasteiger partial charge in [-0.15, -0.1) is 0 Å². The van der Waals surface area contributed by atoms with Gasteiger partial charge in [0.15, 0.2) is 5.65 Å². The van der Waals surface area contributed by atoms with Gasteiger partial charge in [-0.2, -0.15) is 9.61 Å². The fourth-order valence-electron chi connectivity index (χ4n) is 2.60. The van der Waals surface area contributed by atoms with Gasteiger partial charge in [-0.25, -0.2) is 15.0 Å². The number of nitrogens with one attached hydrogen (secondary N) is 1. The minimum Gasteiger partial charge on any atom is -0.497 e. The number of fused-ring (bicyclic) bond motifs is 1. The third kappa shape index (κ3) is 2.99. The molecule has 7 heteroatoms. The van der Waals surface area contributed by atoms with Crippen molar-refractivity contribution in [3.05, 3.63) is 67.0 Å². The molecule has 0 saturated carbocycles. The number of aromatic nitrogens is 5. The smallest absolute Gasteiger partial charge is 0.165 e. The number of methoxy groups -OCH3 is 1. The van der Waals surface area contributed by atoms with Crippen LogP contribution in [0.25, 0.3) is 16.8 Å². The molecule has 4 aromatic rings. The summed E-state index contributed by atoms with van der Waals surface area (Å²) < 4.78 is 6.96. The van der Waals surface area contributed by atoms with Crippen molar-refractivity contribution >= 4 is 11.5 Å². The van der Waals surface area contributed by atoms with E-state index in [2.05, 4.69) is 25.4 Å². The van der Waals surface area contributed by atoms with Crippen LogP contribution in [-0.2, 0) is 6.54 Å². The second-order valence-electron chi connectivity index (χ2n) is 5.45. The van der Waals surface area contributed by atoms with E-state index in [4.69, 9.17) is 4.74 Å². The van der Waals surface area contributed by atoms with Crippen molar-refractivity contribution in [3.8, 4) is 16.9 Å². The first-order valence-corrected chi connectivity index (χ1v) is 7.80. The van der Waals surface area contributed by atoms with E-state index in [1.165, 1.54) is 6.33 Å². The van der Waals surface area contributed by atoms with Gasteiger partial charge in [0.2, 0.25) is 0 Å². The van der Waals surface area contributed by atoms with E-state index in [-0.39, 0.29) is 0 Å². The van der Waals surface area contributed by atoms with Crippen LogP contribution in [-0.4, -0.2) is 31.7 Å². The Hall–Kier alpha value is -3.48. The molecule has 1 N–H and O–H groups in total. The Balaban J connectivity index is 1.61. The molecule has 4 rings (SSSR count). The summed E-state index contributed by atoms with van der Waals surface area (Å²) in [6.07, 6.45) is 8.55. The number of rotatable bonds is 5. The van der Waals surface area contributed by atoms with Gasteiger partial charge < -0.3 is 10.1 Å². The summed E-state index contributed by atoms with van der Waals surface area (Å²) in [5.41, 5.74) is 3.69. The molecule has 3 aromatic heterocycles. The summed E-state index contributed by atoms with van der Waals surface area (Å²) >= 11 is 0. The van der Waals surface area contributed by atoms with Crippen LogP contribution in [0.2, 0.25) is 0 Å². The van der Waals surface area contributed by atoms with E-state index in [1.807, 2.05) is 30.3 Å². The number of anilines is 1. The molecule has 124 valence electrons. The maximum atomic E-state index is 5.18. The molecule has 0 fully saturated rings. The number of nitrogens with zero attached hydrogens (tertiary/aromatic N) is 5. The first kappa shape index (κ1) is 15.1. The van der Waals surface area contributed by atoms with Crippen molar-refractivity contribution < 1.29 is 4.74 Å². The summed E-state index contributed by atoms with van der Waals surface area (Å²) in [6, 6.07) is 9.84. The molecule has 0 saturated heterocycles. The van der Waals surface area contributed by atoms with Crippen molar-refractivity contribution in [1.82, 2.24) is 24.6 Å². The zero-order valence-corrected chi connectivity index (χ0v) is 13.6. The van der Waals surface area contributed by atoms with E-state index in [0.717, 1.165) is 33.9 Å². The molecule has 25 heavy (non-hydrogen) atoms. The topological polar surface area (TPSA) is 77.2 Å². The van der Waals surface area contributed by atoms with Gasteiger partial charge in [0.05, 0.1) is 13.3 Å². The monoisotopic (exact) mass is 332 g/mol. The number of hydrogen-bond acceptors (Lipinski definition) is 6. The van der Waals surface area contributed by atoms with Crippen LogP contribution in [0, 0.1) is 0 Å². The summed E-state index contributed by atoms with van der Waals surface area (Å²) in [5, 5.41) is 7.85. The molecule has 0 aliphatic carbocycles. The van der Waals surface area contributed by atoms with Crippen LogP contribution in [0.3, 0.4) is 0 Å². The van der Waals surface area contributed by atoms with Gasteiger partial charge in [-0.05, 0) is 23.8 Å². The van der Waals surface area contributed by atoms with E-state index in [9.17, 15) is 0 Å². The van der Waals surface area contributed by atoms with Crippen LogP contribution in [0.15, 0.2) is 61.4 Å². The van der Waals surface area contributed by atoms with E-state index >= 15 is 0 Å². The van der Waals surface area contributed by atoms with Gasteiger partial charge in [-0.1, -0.05) is 12.1 Å². The standard InChI is InChI=1S/C18H16N6O/c1-25-15-4-2-13(3-5-15)8-22-17-6-7-21-18-16(11-23-24(17)18)14-9-19-12-20-10-14/h2-7,9-12,22H,8H2,1H3. The molecular weight excluding hydrogens is 316 g/mol. The SMILES string of the molecule is COc1ccc(CNc2ccnc3c(-c4cncnc4)cnn23)cc1. The summed E-state index contributed by atoms with van der Waals surface area (Å²) in [7, 11) is 1.66. The highest BCUT2D eigenvalue weighted by Gasteiger charge is 2.10. The third-order valence-electron chi connectivity index (χ3n) is 3.91. The van der Waals surface area contributed by atoms with Crippen LogP contribution in [0.5, 0.6) is 5.75 Å². The predicted molar refractivity (Wildman–Crippen MR) is 94.3 cm³/mol. The van der Waals surface area contributed by atoms with Crippen LogP contribution >= 0.6 is 0 Å². The van der Waals surface area contributed by atoms with Crippen molar-refractivity contribution in [2.75, 3.05) is 12.4 Å². The average Bonchev–Trinajstić information content (AvgIpc) is 3.12. The molecule has 0 atom stereocenters. The summed E-state index contributed by atoms with van der Waals surface area (Å²) in [5.74, 6) is 1.71. The lowest BCUT2D eigenvalue weighted by Crippen LogP contribution is -2.05. The quantitative estimate of drug-likeness (QED) is 0.605. The van der Waals surface area contributed by atoms with E-state index in [1.54, 1.807) is 36.4 Å². The molecule has 7 nitrogen and oxygen atoms in total. The molecule has 1 aromatic carbocycles. The Kier molecular flexibility index (Phi) is 3.96. The average molecular weight is 332 g/mol.